The molecule has 7 nitrogen and oxygen atoms in total. The molecule has 0 radical (unpaired) electrons. The van der Waals surface area contributed by atoms with Gasteiger partial charge in [-0.3, -0.25) is 9.69 Å². The van der Waals surface area contributed by atoms with Gasteiger partial charge < -0.3 is 19.8 Å². The summed E-state index contributed by atoms with van der Waals surface area (Å²) in [5, 5.41) is 18.0. The molecule has 20 heavy (non-hydrogen) atoms. The maximum absolute atomic E-state index is 11.9. The lowest BCUT2D eigenvalue weighted by Gasteiger charge is -2.53. The number of amides is 1. The highest BCUT2D eigenvalue weighted by molar-refractivity contribution is 5.73. The number of aliphatic hydroxyl groups is 1. The van der Waals surface area contributed by atoms with Crippen molar-refractivity contribution >= 4 is 12.1 Å². The highest BCUT2D eigenvalue weighted by Crippen LogP contribution is 2.31. The number of ether oxygens (including phenoxy) is 1. The van der Waals surface area contributed by atoms with Crippen LogP contribution in [-0.2, 0) is 9.53 Å². The monoisotopic (exact) mass is 288 g/mol. The van der Waals surface area contributed by atoms with E-state index in [1.54, 1.807) is 32.7 Å². The van der Waals surface area contributed by atoms with Crippen LogP contribution >= 0.6 is 0 Å². The van der Waals surface area contributed by atoms with Crippen molar-refractivity contribution < 1.29 is 24.5 Å². The molecular weight excluding hydrogens is 264 g/mol. The summed E-state index contributed by atoms with van der Waals surface area (Å²) in [4.78, 5) is 26.2. The number of nitrogens with zero attached hydrogens (tertiary/aromatic N) is 2. The summed E-state index contributed by atoms with van der Waals surface area (Å²) in [6.07, 6.45) is -0.501. The van der Waals surface area contributed by atoms with Crippen LogP contribution < -0.4 is 0 Å². The molecule has 1 fully saturated rings. The van der Waals surface area contributed by atoms with Gasteiger partial charge in [-0.2, -0.15) is 0 Å². The topological polar surface area (TPSA) is 90.3 Å². The van der Waals surface area contributed by atoms with Gasteiger partial charge in [0.05, 0.1) is 18.6 Å². The molecule has 7 heteroatoms. The van der Waals surface area contributed by atoms with Crippen molar-refractivity contribution in [3.63, 3.8) is 0 Å². The Bertz CT molecular complexity index is 371. The number of carbonyl (C=O) groups is 2. The molecule has 0 saturated carbocycles. The first-order chi connectivity index (χ1) is 9.09. The van der Waals surface area contributed by atoms with Gasteiger partial charge in [0.1, 0.15) is 5.60 Å². The van der Waals surface area contributed by atoms with Gasteiger partial charge in [-0.15, -0.1) is 0 Å². The number of aliphatic hydroxyl groups excluding tert-OH is 1. The van der Waals surface area contributed by atoms with Gasteiger partial charge >= 0.3 is 12.1 Å². The van der Waals surface area contributed by atoms with E-state index in [0.29, 0.717) is 19.6 Å². The van der Waals surface area contributed by atoms with Crippen molar-refractivity contribution in [3.8, 4) is 0 Å². The first-order valence-corrected chi connectivity index (χ1v) is 6.61. The Hall–Kier alpha value is -1.34. The molecule has 0 aromatic carbocycles. The zero-order valence-electron chi connectivity index (χ0n) is 12.5. The third kappa shape index (κ3) is 4.08. The standard InChI is InChI=1S/C13H24N2O5/c1-12(2,3)20-11(19)15-8-13(9-15,7-10(17)18)14(4)5-6-16/h16H,5-9H2,1-4H3,(H,17,18). The quantitative estimate of drug-likeness (QED) is 0.760. The lowest BCUT2D eigenvalue weighted by atomic mass is 9.85. The molecule has 1 heterocycles. The number of carboxylic acid groups (broad SMARTS) is 1. The van der Waals surface area contributed by atoms with Gasteiger partial charge in [0.25, 0.3) is 0 Å². The molecule has 1 saturated heterocycles. The van der Waals surface area contributed by atoms with E-state index in [0.717, 1.165) is 0 Å². The van der Waals surface area contributed by atoms with Gasteiger partial charge in [-0.1, -0.05) is 0 Å². The molecule has 1 amide bonds. The number of aliphatic carboxylic acids is 1. The van der Waals surface area contributed by atoms with E-state index in [4.69, 9.17) is 14.9 Å². The lowest BCUT2D eigenvalue weighted by Crippen LogP contribution is -2.71. The number of carbonyl (C=O) groups excluding carboxylic acids is 1. The van der Waals surface area contributed by atoms with Crippen molar-refractivity contribution in [3.05, 3.63) is 0 Å². The number of carboxylic acids is 1. The Balaban J connectivity index is 2.66. The van der Waals surface area contributed by atoms with Crippen LogP contribution in [0.15, 0.2) is 0 Å². The molecule has 0 bridgehead atoms. The minimum Gasteiger partial charge on any atom is -0.481 e. The zero-order chi connectivity index (χ0) is 15.6. The predicted molar refractivity (Wildman–Crippen MR) is 72.5 cm³/mol. The number of hydrogen-bond acceptors (Lipinski definition) is 5. The SMILES string of the molecule is CN(CCO)C1(CC(=O)O)CN(C(=O)OC(C)(C)C)C1. The second-order valence-corrected chi connectivity index (χ2v) is 6.28. The van der Waals surface area contributed by atoms with Crippen LogP contribution in [0.1, 0.15) is 27.2 Å². The van der Waals surface area contributed by atoms with E-state index < -0.39 is 23.2 Å². The lowest BCUT2D eigenvalue weighted by molar-refractivity contribution is -0.145. The minimum absolute atomic E-state index is 0.0513. The summed E-state index contributed by atoms with van der Waals surface area (Å²) in [5.41, 5.74) is -1.19. The number of likely N-dealkylation sites (tertiary alicyclic amines) is 1. The zero-order valence-corrected chi connectivity index (χ0v) is 12.5. The molecule has 0 spiro atoms. The van der Waals surface area contributed by atoms with E-state index >= 15 is 0 Å². The van der Waals surface area contributed by atoms with Gasteiger partial charge in [-0.25, -0.2) is 4.79 Å². The second kappa shape index (κ2) is 5.97. The summed E-state index contributed by atoms with van der Waals surface area (Å²) >= 11 is 0. The molecule has 116 valence electrons. The number of likely N-dealkylation sites (N-methyl/N-ethyl adjacent to an activating group) is 1. The fraction of sp³-hybridized carbons (Fsp3) is 0.846. The molecule has 1 aliphatic heterocycles. The van der Waals surface area contributed by atoms with Crippen molar-refractivity contribution in [2.45, 2.75) is 38.3 Å². The number of hydrogen-bond donors (Lipinski definition) is 2. The molecule has 1 rings (SSSR count). The van der Waals surface area contributed by atoms with Gasteiger partial charge in [0.2, 0.25) is 0 Å². The molecule has 0 aromatic rings. The molecule has 1 aliphatic rings. The Morgan fingerprint density at radius 1 is 1.35 bits per heavy atom. The Kier molecular flexibility index (Phi) is 4.99. The molecule has 0 atom stereocenters. The third-order valence-corrected chi connectivity index (χ3v) is 3.35. The van der Waals surface area contributed by atoms with E-state index in [2.05, 4.69) is 0 Å². The van der Waals surface area contributed by atoms with E-state index in [-0.39, 0.29) is 13.0 Å². The van der Waals surface area contributed by atoms with Gasteiger partial charge in [0.15, 0.2) is 0 Å². The first-order valence-electron chi connectivity index (χ1n) is 6.61. The molecule has 0 aliphatic carbocycles. The van der Waals surface area contributed by atoms with Crippen LogP contribution in [0.25, 0.3) is 0 Å². The fourth-order valence-electron chi connectivity index (χ4n) is 2.28. The Morgan fingerprint density at radius 3 is 2.30 bits per heavy atom. The van der Waals surface area contributed by atoms with Crippen molar-refractivity contribution in [2.75, 3.05) is 33.3 Å². The average Bonchev–Trinajstić information content (AvgIpc) is 2.19. The van der Waals surface area contributed by atoms with E-state index in [1.165, 1.54) is 4.90 Å². The maximum atomic E-state index is 11.9. The van der Waals surface area contributed by atoms with Crippen LogP contribution in [0.3, 0.4) is 0 Å². The first kappa shape index (κ1) is 16.7. The molecule has 2 N–H and O–H groups in total. The summed E-state index contributed by atoms with van der Waals surface area (Å²) in [6, 6.07) is 0. The maximum Gasteiger partial charge on any atom is 0.410 e. The van der Waals surface area contributed by atoms with E-state index in [1.807, 2.05) is 0 Å². The molecule has 0 unspecified atom stereocenters. The highest BCUT2D eigenvalue weighted by Gasteiger charge is 2.50. The van der Waals surface area contributed by atoms with E-state index in [9.17, 15) is 9.59 Å². The minimum atomic E-state index is -0.918. The summed E-state index contributed by atoms with van der Waals surface area (Å²) < 4.78 is 5.25. The van der Waals surface area contributed by atoms with Crippen molar-refractivity contribution in [1.82, 2.24) is 9.80 Å². The Morgan fingerprint density at radius 2 is 1.90 bits per heavy atom. The molecular formula is C13H24N2O5. The smallest absolute Gasteiger partial charge is 0.410 e. The fourth-order valence-corrected chi connectivity index (χ4v) is 2.28. The largest absolute Gasteiger partial charge is 0.481 e. The van der Waals surface area contributed by atoms with Crippen molar-refractivity contribution in [1.29, 1.82) is 0 Å². The third-order valence-electron chi connectivity index (χ3n) is 3.35. The van der Waals surface area contributed by atoms with Crippen LogP contribution in [0, 0.1) is 0 Å². The van der Waals surface area contributed by atoms with Crippen molar-refractivity contribution in [2.24, 2.45) is 0 Å². The molecule has 0 aromatic heterocycles. The second-order valence-electron chi connectivity index (χ2n) is 6.28. The van der Waals surface area contributed by atoms with Gasteiger partial charge in [-0.05, 0) is 27.8 Å². The summed E-state index contributed by atoms with van der Waals surface area (Å²) in [7, 11) is 1.76. The van der Waals surface area contributed by atoms with Crippen LogP contribution in [-0.4, -0.2) is 76.5 Å². The number of β-amino-alcohol motifs (C(OH)–C–C–N with tert-alkyl or cyclic N) is 1. The highest BCUT2D eigenvalue weighted by atomic mass is 16.6. The number of rotatable bonds is 5. The summed E-state index contributed by atoms with van der Waals surface area (Å²) in [6.45, 7) is 6.27. The average molecular weight is 288 g/mol. The predicted octanol–water partition coefficient (Wildman–Crippen LogP) is 0.375. The van der Waals surface area contributed by atoms with Crippen LogP contribution in [0.2, 0.25) is 0 Å². The van der Waals surface area contributed by atoms with Crippen LogP contribution in [0.5, 0.6) is 0 Å². The summed E-state index contributed by atoms with van der Waals surface area (Å²) in [5.74, 6) is -0.918. The van der Waals surface area contributed by atoms with Gasteiger partial charge in [0, 0.05) is 19.6 Å². The van der Waals surface area contributed by atoms with Crippen LogP contribution in [0.4, 0.5) is 4.79 Å². The normalized spacial score (nSPS) is 17.8. The Labute approximate surface area is 119 Å².